The minimum Gasteiger partial charge on any atom is -0.456 e. The van der Waals surface area contributed by atoms with Crippen LogP contribution >= 0.6 is 0 Å². The summed E-state index contributed by atoms with van der Waals surface area (Å²) in [5.74, 6) is -4.37. The Morgan fingerprint density at radius 2 is 1.43 bits per heavy atom. The number of amides is 1. The SMILES string of the molecule is CC(=O)O[C@@]12CO[C@@H]1C[C@H](O)[C@@]1(C)[C@H](O)CC3=C(C)[C@@H](OC(=O)[C@H](O)[C@@H](NC(=O)c4ccccc4)c4ccccc4)C[C@@](O)([C@@H](OC(=O)c4ccccc4)[C@H]21)C3(C)C. The van der Waals surface area contributed by atoms with Gasteiger partial charge in [-0.15, -0.1) is 0 Å². The van der Waals surface area contributed by atoms with Crippen LogP contribution in [-0.2, 0) is 28.5 Å². The molecule has 1 amide bonds. The molecule has 2 bridgehead atoms. The summed E-state index contributed by atoms with van der Waals surface area (Å²) in [6.45, 7) is 7.91. The number of rotatable bonds is 9. The van der Waals surface area contributed by atoms with Crippen molar-refractivity contribution in [2.24, 2.45) is 16.7 Å². The number of hydrogen-bond acceptors (Lipinski definition) is 12. The summed E-state index contributed by atoms with van der Waals surface area (Å²) in [6, 6.07) is 23.7. The van der Waals surface area contributed by atoms with Gasteiger partial charge < -0.3 is 44.7 Å². The van der Waals surface area contributed by atoms with Crippen molar-refractivity contribution >= 4 is 23.8 Å². The van der Waals surface area contributed by atoms with Crippen molar-refractivity contribution in [1.82, 2.24) is 5.32 Å². The van der Waals surface area contributed by atoms with E-state index in [1.165, 1.54) is 6.92 Å². The first kappa shape index (κ1) is 41.2. The lowest BCUT2D eigenvalue weighted by Gasteiger charge is -2.68. The largest absolute Gasteiger partial charge is 0.456 e. The highest BCUT2D eigenvalue weighted by molar-refractivity contribution is 5.95. The molecule has 0 aromatic heterocycles. The molecule has 5 N–H and O–H groups in total. The van der Waals surface area contributed by atoms with Crippen molar-refractivity contribution in [3.8, 4) is 0 Å². The van der Waals surface area contributed by atoms with Crippen LogP contribution in [-0.4, -0.2) is 98.7 Å². The second kappa shape index (κ2) is 15.4. The van der Waals surface area contributed by atoms with Gasteiger partial charge in [-0.05, 0) is 48.7 Å². The Labute approximate surface area is 337 Å². The molecular weight excluding hydrogens is 746 g/mol. The average molecular weight is 798 g/mol. The fourth-order valence-corrected chi connectivity index (χ4v) is 9.99. The molecule has 0 unspecified atom stereocenters. The molecule has 11 atom stereocenters. The molecule has 3 aliphatic carbocycles. The van der Waals surface area contributed by atoms with Gasteiger partial charge in [0.25, 0.3) is 5.91 Å². The van der Waals surface area contributed by atoms with Crippen molar-refractivity contribution in [3.63, 3.8) is 0 Å². The van der Waals surface area contributed by atoms with Crippen molar-refractivity contribution in [3.05, 3.63) is 119 Å². The van der Waals surface area contributed by atoms with E-state index in [9.17, 15) is 39.6 Å². The molecule has 308 valence electrons. The fourth-order valence-electron chi connectivity index (χ4n) is 9.99. The summed E-state index contributed by atoms with van der Waals surface area (Å²) in [7, 11) is 0. The Hall–Kier alpha value is -4.92. The van der Waals surface area contributed by atoms with Gasteiger partial charge in [0.2, 0.25) is 0 Å². The van der Waals surface area contributed by atoms with Crippen LogP contribution in [0.3, 0.4) is 0 Å². The molecule has 7 rings (SSSR count). The molecule has 1 saturated heterocycles. The quantitative estimate of drug-likeness (QED) is 0.119. The Bertz CT molecular complexity index is 2070. The number of carbonyl (C=O) groups excluding carboxylic acids is 4. The summed E-state index contributed by atoms with van der Waals surface area (Å²) >= 11 is 0. The van der Waals surface area contributed by atoms with Gasteiger partial charge in [0.05, 0.1) is 36.3 Å². The molecule has 58 heavy (non-hydrogen) atoms. The van der Waals surface area contributed by atoms with Gasteiger partial charge in [-0.1, -0.05) is 93.1 Å². The van der Waals surface area contributed by atoms with Crippen molar-refractivity contribution in [2.75, 3.05) is 6.61 Å². The molecule has 13 nitrogen and oxygen atoms in total. The molecule has 1 aliphatic heterocycles. The summed E-state index contributed by atoms with van der Waals surface area (Å²) in [5, 5.41) is 52.2. The van der Waals surface area contributed by atoms with E-state index in [1.54, 1.807) is 119 Å². The van der Waals surface area contributed by atoms with Crippen LogP contribution in [0.25, 0.3) is 0 Å². The standard InChI is InChI=1S/C45H51NO12/c1-25-30-21-32(48)43(5)33(49)22-34-44(24-55-34,58-26(2)47)37(43)38(57-40(52)29-19-13-8-14-20-29)45(54,42(30,3)4)23-31(25)56-41(53)36(50)35(27-15-9-6-10-16-27)46-39(51)28-17-11-7-12-18-28/h6-20,31-38,48-50,54H,21-24H2,1-5H3,(H,46,51)/t31-,32+,33-,34+,35-,36+,37-,38-,43+,44-,45+/m0/s1. The minimum atomic E-state index is -2.13. The topological polar surface area (TPSA) is 198 Å². The van der Waals surface area contributed by atoms with Crippen LogP contribution in [0.15, 0.2) is 102 Å². The Kier molecular flexibility index (Phi) is 10.9. The van der Waals surface area contributed by atoms with Gasteiger partial charge in [-0.3, -0.25) is 9.59 Å². The third-order valence-electron chi connectivity index (χ3n) is 13.5. The first-order valence-corrected chi connectivity index (χ1v) is 19.6. The zero-order valence-corrected chi connectivity index (χ0v) is 33.2. The van der Waals surface area contributed by atoms with E-state index in [0.29, 0.717) is 22.3 Å². The molecule has 3 aromatic rings. The lowest BCUT2D eigenvalue weighted by atomic mass is 9.44. The predicted octanol–water partition coefficient (Wildman–Crippen LogP) is 3.99. The molecule has 0 radical (unpaired) electrons. The van der Waals surface area contributed by atoms with Crippen molar-refractivity contribution in [2.45, 2.75) is 108 Å². The number of carbonyl (C=O) groups is 4. The highest BCUT2D eigenvalue weighted by atomic mass is 16.6. The third kappa shape index (κ3) is 6.72. The van der Waals surface area contributed by atoms with E-state index < -0.39 is 94.4 Å². The van der Waals surface area contributed by atoms with E-state index in [1.807, 2.05) is 0 Å². The second-order valence-corrected chi connectivity index (χ2v) is 16.9. The average Bonchev–Trinajstić information content (AvgIpc) is 3.20. The Morgan fingerprint density at radius 3 is 2.00 bits per heavy atom. The van der Waals surface area contributed by atoms with Gasteiger partial charge in [-0.2, -0.15) is 0 Å². The fraction of sp³-hybridized carbons (Fsp3) is 0.467. The van der Waals surface area contributed by atoms with Crippen LogP contribution in [0.4, 0.5) is 0 Å². The first-order valence-electron chi connectivity index (χ1n) is 19.6. The third-order valence-corrected chi connectivity index (χ3v) is 13.5. The number of aliphatic hydroxyl groups excluding tert-OH is 3. The van der Waals surface area contributed by atoms with Crippen LogP contribution in [0, 0.1) is 16.7 Å². The summed E-state index contributed by atoms with van der Waals surface area (Å²) < 4.78 is 24.5. The highest BCUT2D eigenvalue weighted by Gasteiger charge is 2.76. The molecule has 4 aliphatic rings. The van der Waals surface area contributed by atoms with Gasteiger partial charge in [-0.25, -0.2) is 9.59 Å². The van der Waals surface area contributed by atoms with E-state index in [0.717, 1.165) is 0 Å². The van der Waals surface area contributed by atoms with E-state index in [-0.39, 0.29) is 31.4 Å². The normalized spacial score (nSPS) is 33.3. The molecule has 3 fully saturated rings. The zero-order valence-electron chi connectivity index (χ0n) is 33.2. The van der Waals surface area contributed by atoms with Crippen molar-refractivity contribution in [1.29, 1.82) is 0 Å². The monoisotopic (exact) mass is 797 g/mol. The van der Waals surface area contributed by atoms with Crippen LogP contribution in [0.5, 0.6) is 0 Å². The second-order valence-electron chi connectivity index (χ2n) is 16.9. The van der Waals surface area contributed by atoms with E-state index >= 15 is 0 Å². The molecule has 2 saturated carbocycles. The molecule has 13 heteroatoms. The summed E-state index contributed by atoms with van der Waals surface area (Å²) in [4.78, 5) is 54.5. The maximum Gasteiger partial charge on any atom is 0.338 e. The lowest BCUT2D eigenvalue weighted by molar-refractivity contribution is -0.361. The molecular formula is C45H51NO12. The van der Waals surface area contributed by atoms with Gasteiger partial charge in [0.15, 0.2) is 11.7 Å². The lowest BCUT2D eigenvalue weighted by Crippen LogP contribution is -2.81. The summed E-state index contributed by atoms with van der Waals surface area (Å²) in [5.41, 5.74) is -4.63. The van der Waals surface area contributed by atoms with Crippen LogP contribution in [0.1, 0.15) is 86.2 Å². The first-order chi connectivity index (χ1) is 27.5. The Morgan fingerprint density at radius 1 is 0.845 bits per heavy atom. The number of benzene rings is 3. The summed E-state index contributed by atoms with van der Waals surface area (Å²) in [6.07, 6.45) is -8.71. The van der Waals surface area contributed by atoms with Gasteiger partial charge in [0.1, 0.15) is 23.9 Å². The molecule has 3 aromatic carbocycles. The molecule has 0 spiro atoms. The van der Waals surface area contributed by atoms with Gasteiger partial charge in [0, 0.05) is 36.2 Å². The number of hydrogen-bond donors (Lipinski definition) is 5. The maximum absolute atomic E-state index is 14.2. The van der Waals surface area contributed by atoms with Crippen LogP contribution < -0.4 is 5.32 Å². The predicted molar refractivity (Wildman–Crippen MR) is 208 cm³/mol. The van der Waals surface area contributed by atoms with Crippen LogP contribution in [0.2, 0.25) is 0 Å². The smallest absolute Gasteiger partial charge is 0.338 e. The molecule has 1 heterocycles. The maximum atomic E-state index is 14.2. The van der Waals surface area contributed by atoms with Gasteiger partial charge >= 0.3 is 17.9 Å². The number of ether oxygens (including phenoxy) is 4. The zero-order chi connectivity index (χ0) is 41.8. The number of fused-ring (bicyclic) bond motifs is 5. The Balaban J connectivity index is 1.32. The highest BCUT2D eigenvalue weighted by Crippen LogP contribution is 2.65. The number of nitrogens with one attached hydrogen (secondary N) is 1. The number of esters is 3. The minimum absolute atomic E-state index is 0.00192. The van der Waals surface area contributed by atoms with Crippen molar-refractivity contribution < 1.29 is 58.6 Å². The number of aliphatic hydroxyl groups is 4. The van der Waals surface area contributed by atoms with E-state index in [2.05, 4.69) is 5.32 Å². The van der Waals surface area contributed by atoms with E-state index in [4.69, 9.17) is 18.9 Å².